The Bertz CT molecular complexity index is 540. The number of anilines is 1. The molecular weight excluding hydrogens is 268 g/mol. The molecule has 1 aliphatic heterocycles. The Kier molecular flexibility index (Phi) is 4.50. The third kappa shape index (κ3) is 3.74. The molecule has 5 nitrogen and oxygen atoms in total. The van der Waals surface area contributed by atoms with Crippen LogP contribution in [0.4, 0.5) is 5.69 Å². The summed E-state index contributed by atoms with van der Waals surface area (Å²) in [6.45, 7) is 6.39. The topological polar surface area (TPSA) is 58.6 Å². The highest BCUT2D eigenvalue weighted by atomic mass is 16.5. The van der Waals surface area contributed by atoms with E-state index in [1.165, 1.54) is 0 Å². The molecule has 0 spiro atoms. The minimum atomic E-state index is -0.218. The van der Waals surface area contributed by atoms with E-state index in [4.69, 9.17) is 4.74 Å². The molecule has 0 aliphatic carbocycles. The van der Waals surface area contributed by atoms with Crippen molar-refractivity contribution in [1.82, 2.24) is 5.32 Å². The first-order valence-electron chi connectivity index (χ1n) is 7.26. The van der Waals surface area contributed by atoms with Crippen LogP contribution >= 0.6 is 0 Å². The van der Waals surface area contributed by atoms with Gasteiger partial charge in [-0.3, -0.25) is 9.59 Å². The molecule has 0 aromatic heterocycles. The number of ether oxygens (including phenoxy) is 1. The number of para-hydroxylation sites is 2. The first-order valence-corrected chi connectivity index (χ1v) is 7.26. The number of fused-ring (bicyclic) bond motifs is 1. The summed E-state index contributed by atoms with van der Waals surface area (Å²) in [6, 6.07) is 7.38. The van der Waals surface area contributed by atoms with Crippen LogP contribution in [0.15, 0.2) is 24.3 Å². The van der Waals surface area contributed by atoms with Crippen molar-refractivity contribution in [3.8, 4) is 5.75 Å². The largest absolute Gasteiger partial charge is 0.482 e. The maximum Gasteiger partial charge on any atom is 0.265 e. The van der Waals surface area contributed by atoms with Crippen LogP contribution in [0.5, 0.6) is 5.75 Å². The Morgan fingerprint density at radius 3 is 2.81 bits per heavy atom. The van der Waals surface area contributed by atoms with E-state index < -0.39 is 0 Å². The fraction of sp³-hybridized carbons (Fsp3) is 0.500. The number of nitrogens with one attached hydrogen (secondary N) is 1. The molecule has 0 saturated carbocycles. The van der Waals surface area contributed by atoms with Gasteiger partial charge in [0.25, 0.3) is 5.91 Å². The lowest BCUT2D eigenvalue weighted by molar-refractivity contribution is -0.123. The van der Waals surface area contributed by atoms with E-state index >= 15 is 0 Å². The smallest absolute Gasteiger partial charge is 0.265 e. The second kappa shape index (κ2) is 6.16. The molecule has 21 heavy (non-hydrogen) atoms. The summed E-state index contributed by atoms with van der Waals surface area (Å²) in [5, 5.41) is 2.98. The standard InChI is InChI=1S/C16H22N2O3/c1-4-16(2,3)17-14(19)9-10-18-12-7-5-6-8-13(12)21-11-15(18)20/h5-8H,4,9-11H2,1-3H3,(H,17,19). The third-order valence-corrected chi connectivity index (χ3v) is 3.73. The highest BCUT2D eigenvalue weighted by Gasteiger charge is 2.26. The van der Waals surface area contributed by atoms with Crippen LogP contribution < -0.4 is 15.0 Å². The van der Waals surface area contributed by atoms with Gasteiger partial charge in [0.05, 0.1) is 5.69 Å². The van der Waals surface area contributed by atoms with Gasteiger partial charge in [0.2, 0.25) is 5.91 Å². The lowest BCUT2D eigenvalue weighted by atomic mass is 10.0. The normalized spacial score (nSPS) is 14.4. The predicted molar refractivity (Wildman–Crippen MR) is 81.4 cm³/mol. The van der Waals surface area contributed by atoms with Gasteiger partial charge < -0.3 is 15.0 Å². The summed E-state index contributed by atoms with van der Waals surface area (Å²) in [5.74, 6) is 0.529. The minimum Gasteiger partial charge on any atom is -0.482 e. The monoisotopic (exact) mass is 290 g/mol. The van der Waals surface area contributed by atoms with Crippen molar-refractivity contribution >= 4 is 17.5 Å². The molecule has 1 heterocycles. The van der Waals surface area contributed by atoms with Gasteiger partial charge >= 0.3 is 0 Å². The summed E-state index contributed by atoms with van der Waals surface area (Å²) in [5.41, 5.74) is 0.514. The Hall–Kier alpha value is -2.04. The Morgan fingerprint density at radius 1 is 1.38 bits per heavy atom. The molecule has 0 fully saturated rings. The molecule has 5 heteroatoms. The van der Waals surface area contributed by atoms with Gasteiger partial charge in [-0.2, -0.15) is 0 Å². The van der Waals surface area contributed by atoms with Crippen molar-refractivity contribution in [2.24, 2.45) is 0 Å². The van der Waals surface area contributed by atoms with Crippen LogP contribution in [0.1, 0.15) is 33.6 Å². The van der Waals surface area contributed by atoms with E-state index in [1.54, 1.807) is 4.90 Å². The lowest BCUT2D eigenvalue weighted by Gasteiger charge is -2.30. The van der Waals surface area contributed by atoms with Gasteiger partial charge in [0, 0.05) is 18.5 Å². The van der Waals surface area contributed by atoms with Gasteiger partial charge in [0.15, 0.2) is 6.61 Å². The molecule has 0 atom stereocenters. The van der Waals surface area contributed by atoms with Crippen molar-refractivity contribution in [3.05, 3.63) is 24.3 Å². The third-order valence-electron chi connectivity index (χ3n) is 3.73. The van der Waals surface area contributed by atoms with Gasteiger partial charge in [-0.25, -0.2) is 0 Å². The molecule has 1 aromatic carbocycles. The minimum absolute atomic E-state index is 0.0269. The fourth-order valence-corrected chi connectivity index (χ4v) is 2.14. The number of nitrogens with zero attached hydrogens (tertiary/aromatic N) is 1. The lowest BCUT2D eigenvalue weighted by Crippen LogP contribution is -2.45. The first-order chi connectivity index (χ1) is 9.93. The molecule has 0 unspecified atom stereocenters. The number of hydrogen-bond donors (Lipinski definition) is 1. The number of rotatable bonds is 5. The molecule has 1 aliphatic rings. The molecule has 2 amide bonds. The summed E-state index contributed by atoms with van der Waals surface area (Å²) in [4.78, 5) is 25.6. The van der Waals surface area contributed by atoms with E-state index in [1.807, 2.05) is 45.0 Å². The predicted octanol–water partition coefficient (Wildman–Crippen LogP) is 2.11. The van der Waals surface area contributed by atoms with E-state index in [-0.39, 0.29) is 30.4 Å². The number of amides is 2. The van der Waals surface area contributed by atoms with Crippen molar-refractivity contribution in [2.75, 3.05) is 18.1 Å². The SMILES string of the molecule is CCC(C)(C)NC(=O)CCN1C(=O)COc2ccccc21. The Labute approximate surface area is 125 Å². The van der Waals surface area contributed by atoms with Crippen LogP contribution in [0.3, 0.4) is 0 Å². The quantitative estimate of drug-likeness (QED) is 0.903. The molecule has 2 rings (SSSR count). The first kappa shape index (κ1) is 15.4. The maximum absolute atomic E-state index is 12.0. The van der Waals surface area contributed by atoms with Crippen LogP contribution in [-0.2, 0) is 9.59 Å². The Balaban J connectivity index is 2.00. The van der Waals surface area contributed by atoms with Crippen LogP contribution in [-0.4, -0.2) is 30.5 Å². The zero-order valence-electron chi connectivity index (χ0n) is 12.8. The van der Waals surface area contributed by atoms with Crippen molar-refractivity contribution in [3.63, 3.8) is 0 Å². The Morgan fingerprint density at radius 2 is 2.10 bits per heavy atom. The van der Waals surface area contributed by atoms with E-state index in [0.717, 1.165) is 12.1 Å². The number of carbonyl (C=O) groups excluding carboxylic acids is 2. The van der Waals surface area contributed by atoms with Crippen molar-refractivity contribution in [2.45, 2.75) is 39.2 Å². The summed E-state index contributed by atoms with van der Waals surface area (Å²) in [7, 11) is 0. The molecule has 0 saturated heterocycles. The maximum atomic E-state index is 12.0. The molecule has 0 bridgehead atoms. The average molecular weight is 290 g/mol. The van der Waals surface area contributed by atoms with Gasteiger partial charge in [-0.15, -0.1) is 0 Å². The van der Waals surface area contributed by atoms with Crippen LogP contribution in [0.25, 0.3) is 0 Å². The summed E-state index contributed by atoms with van der Waals surface area (Å²) in [6.07, 6.45) is 1.14. The highest BCUT2D eigenvalue weighted by Crippen LogP contribution is 2.31. The zero-order chi connectivity index (χ0) is 15.5. The number of carbonyl (C=O) groups is 2. The molecule has 0 radical (unpaired) electrons. The van der Waals surface area contributed by atoms with E-state index in [0.29, 0.717) is 12.3 Å². The second-order valence-corrected chi connectivity index (χ2v) is 5.84. The van der Waals surface area contributed by atoms with Gasteiger partial charge in [0.1, 0.15) is 5.75 Å². The van der Waals surface area contributed by atoms with E-state index in [9.17, 15) is 9.59 Å². The molecule has 1 N–H and O–H groups in total. The number of hydrogen-bond acceptors (Lipinski definition) is 3. The summed E-state index contributed by atoms with van der Waals surface area (Å²) < 4.78 is 5.38. The molecule has 114 valence electrons. The van der Waals surface area contributed by atoms with Crippen LogP contribution in [0.2, 0.25) is 0 Å². The highest BCUT2D eigenvalue weighted by molar-refractivity contribution is 5.98. The average Bonchev–Trinajstić information content (AvgIpc) is 2.46. The van der Waals surface area contributed by atoms with Crippen LogP contribution in [0, 0.1) is 0 Å². The molecule has 1 aromatic rings. The number of benzene rings is 1. The van der Waals surface area contributed by atoms with Crippen molar-refractivity contribution in [1.29, 1.82) is 0 Å². The van der Waals surface area contributed by atoms with Gasteiger partial charge in [-0.1, -0.05) is 19.1 Å². The van der Waals surface area contributed by atoms with Crippen molar-refractivity contribution < 1.29 is 14.3 Å². The fourth-order valence-electron chi connectivity index (χ4n) is 2.14. The van der Waals surface area contributed by atoms with Gasteiger partial charge in [-0.05, 0) is 32.4 Å². The molecular formula is C16H22N2O3. The van der Waals surface area contributed by atoms with E-state index in [2.05, 4.69) is 5.32 Å². The zero-order valence-corrected chi connectivity index (χ0v) is 12.8. The second-order valence-electron chi connectivity index (χ2n) is 5.84. The summed E-state index contributed by atoms with van der Waals surface area (Å²) >= 11 is 0.